The van der Waals surface area contributed by atoms with Crippen LogP contribution in [0.5, 0.6) is 0 Å². The second-order valence-electron chi connectivity index (χ2n) is 4.56. The van der Waals surface area contributed by atoms with Crippen LogP contribution in [0.25, 0.3) is 0 Å². The van der Waals surface area contributed by atoms with Gasteiger partial charge in [0.05, 0.1) is 6.42 Å². The van der Waals surface area contributed by atoms with Gasteiger partial charge in [0.15, 0.2) is 0 Å². The summed E-state index contributed by atoms with van der Waals surface area (Å²) < 4.78 is 35.4. The topological polar surface area (TPSA) is 12.0 Å². The van der Waals surface area contributed by atoms with Gasteiger partial charge in [0.1, 0.15) is 0 Å². The molecule has 1 rings (SSSR count). The van der Waals surface area contributed by atoms with E-state index in [9.17, 15) is 13.2 Å². The highest BCUT2D eigenvalue weighted by molar-refractivity contribution is 4.96. The van der Waals surface area contributed by atoms with Crippen molar-refractivity contribution in [3.63, 3.8) is 0 Å². The molecular formula is C10H18F3N. The summed E-state index contributed by atoms with van der Waals surface area (Å²) in [6, 6.07) is 0. The normalized spacial score (nSPS) is 20.1. The van der Waals surface area contributed by atoms with E-state index < -0.39 is 12.6 Å². The maximum Gasteiger partial charge on any atom is 0.390 e. The fraction of sp³-hybridized carbons (Fsp3) is 1.00. The van der Waals surface area contributed by atoms with Gasteiger partial charge in [-0.2, -0.15) is 13.2 Å². The van der Waals surface area contributed by atoms with Crippen LogP contribution in [0.2, 0.25) is 0 Å². The average molecular weight is 209 g/mol. The van der Waals surface area contributed by atoms with Crippen molar-refractivity contribution in [3.8, 4) is 0 Å². The van der Waals surface area contributed by atoms with Gasteiger partial charge in [0.2, 0.25) is 0 Å². The lowest BCUT2D eigenvalue weighted by Crippen LogP contribution is -2.30. The van der Waals surface area contributed by atoms with Crippen LogP contribution in [0.15, 0.2) is 0 Å². The molecule has 1 saturated carbocycles. The van der Waals surface area contributed by atoms with E-state index in [1.165, 1.54) is 0 Å². The van der Waals surface area contributed by atoms with Crippen molar-refractivity contribution in [1.82, 2.24) is 5.32 Å². The van der Waals surface area contributed by atoms with Gasteiger partial charge in [0.25, 0.3) is 0 Å². The third-order valence-corrected chi connectivity index (χ3v) is 3.18. The highest BCUT2D eigenvalue weighted by Crippen LogP contribution is 2.51. The summed E-state index contributed by atoms with van der Waals surface area (Å²) in [6.45, 7) is 5.07. The number of hydrogen-bond acceptors (Lipinski definition) is 1. The van der Waals surface area contributed by atoms with Gasteiger partial charge >= 0.3 is 6.18 Å². The molecule has 0 atom stereocenters. The highest BCUT2D eigenvalue weighted by Gasteiger charge is 2.44. The van der Waals surface area contributed by atoms with Crippen LogP contribution in [0, 0.1) is 11.3 Å². The van der Waals surface area contributed by atoms with E-state index in [1.54, 1.807) is 0 Å². The monoisotopic (exact) mass is 209 g/mol. The van der Waals surface area contributed by atoms with Gasteiger partial charge in [0, 0.05) is 13.1 Å². The maximum absolute atomic E-state index is 11.8. The van der Waals surface area contributed by atoms with Crippen LogP contribution < -0.4 is 5.32 Å². The smallest absolute Gasteiger partial charge is 0.316 e. The van der Waals surface area contributed by atoms with Crippen LogP contribution in [-0.2, 0) is 0 Å². The minimum absolute atomic E-state index is 0.0535. The Morgan fingerprint density at radius 3 is 2.21 bits per heavy atom. The molecule has 1 nitrogen and oxygen atoms in total. The SMILES string of the molecule is CC(C)C1(CNCCC(F)(F)F)CC1. The maximum atomic E-state index is 11.8. The zero-order valence-corrected chi connectivity index (χ0v) is 8.75. The van der Waals surface area contributed by atoms with Gasteiger partial charge in [-0.15, -0.1) is 0 Å². The average Bonchev–Trinajstić information content (AvgIpc) is 2.77. The van der Waals surface area contributed by atoms with Crippen molar-refractivity contribution >= 4 is 0 Å². The molecular weight excluding hydrogens is 191 g/mol. The number of halogens is 3. The molecule has 0 aromatic heterocycles. The van der Waals surface area contributed by atoms with Crippen molar-refractivity contribution in [2.45, 2.75) is 39.3 Å². The summed E-state index contributed by atoms with van der Waals surface area (Å²) in [4.78, 5) is 0. The molecule has 1 aliphatic carbocycles. The Kier molecular flexibility index (Phi) is 3.45. The van der Waals surface area contributed by atoms with Gasteiger partial charge in [-0.3, -0.25) is 0 Å². The van der Waals surface area contributed by atoms with Gasteiger partial charge < -0.3 is 5.32 Å². The fourth-order valence-corrected chi connectivity index (χ4v) is 1.69. The molecule has 0 bridgehead atoms. The van der Waals surface area contributed by atoms with Crippen LogP contribution in [0.3, 0.4) is 0 Å². The first-order valence-electron chi connectivity index (χ1n) is 5.13. The van der Waals surface area contributed by atoms with Crippen molar-refractivity contribution in [1.29, 1.82) is 0 Å². The lowest BCUT2D eigenvalue weighted by Gasteiger charge is -2.20. The lowest BCUT2D eigenvalue weighted by atomic mass is 9.92. The standard InChI is InChI=1S/C10H18F3N/c1-8(2)9(3-4-9)7-14-6-5-10(11,12)13/h8,14H,3-7H2,1-2H3. The first-order valence-corrected chi connectivity index (χ1v) is 5.13. The van der Waals surface area contributed by atoms with Crippen molar-refractivity contribution in [2.75, 3.05) is 13.1 Å². The predicted molar refractivity (Wildman–Crippen MR) is 50.0 cm³/mol. The van der Waals surface area contributed by atoms with Gasteiger partial charge in [-0.05, 0) is 24.2 Å². The van der Waals surface area contributed by atoms with Gasteiger partial charge in [-0.25, -0.2) is 0 Å². The summed E-state index contributed by atoms with van der Waals surface area (Å²) >= 11 is 0. The molecule has 0 radical (unpaired) electrons. The Morgan fingerprint density at radius 1 is 1.29 bits per heavy atom. The molecule has 4 heteroatoms. The molecule has 1 aliphatic rings. The molecule has 0 amide bonds. The van der Waals surface area contributed by atoms with Crippen LogP contribution >= 0.6 is 0 Å². The second-order valence-corrected chi connectivity index (χ2v) is 4.56. The summed E-state index contributed by atoms with van der Waals surface area (Å²) in [7, 11) is 0. The van der Waals surface area contributed by atoms with E-state index in [0.29, 0.717) is 11.3 Å². The molecule has 0 saturated heterocycles. The highest BCUT2D eigenvalue weighted by atomic mass is 19.4. The van der Waals surface area contributed by atoms with E-state index in [-0.39, 0.29) is 6.54 Å². The summed E-state index contributed by atoms with van der Waals surface area (Å²) in [5.41, 5.74) is 0.297. The number of nitrogens with one attached hydrogen (secondary N) is 1. The van der Waals surface area contributed by atoms with Crippen molar-refractivity contribution < 1.29 is 13.2 Å². The Morgan fingerprint density at radius 2 is 1.86 bits per heavy atom. The van der Waals surface area contributed by atoms with Gasteiger partial charge in [-0.1, -0.05) is 13.8 Å². The van der Waals surface area contributed by atoms with Crippen LogP contribution in [0.1, 0.15) is 33.1 Å². The van der Waals surface area contributed by atoms with E-state index in [4.69, 9.17) is 0 Å². The van der Waals surface area contributed by atoms with E-state index in [1.807, 2.05) is 0 Å². The third-order valence-electron chi connectivity index (χ3n) is 3.18. The fourth-order valence-electron chi connectivity index (χ4n) is 1.69. The Hall–Kier alpha value is -0.250. The first-order chi connectivity index (χ1) is 6.36. The summed E-state index contributed by atoms with van der Waals surface area (Å²) in [5, 5.41) is 2.91. The van der Waals surface area contributed by atoms with E-state index >= 15 is 0 Å². The molecule has 1 fully saturated rings. The summed E-state index contributed by atoms with van der Waals surface area (Å²) in [5.74, 6) is 0.570. The Balaban J connectivity index is 2.10. The quantitative estimate of drug-likeness (QED) is 0.686. The van der Waals surface area contributed by atoms with Crippen LogP contribution in [-0.4, -0.2) is 19.3 Å². The first kappa shape index (κ1) is 11.8. The lowest BCUT2D eigenvalue weighted by molar-refractivity contribution is -0.133. The Bertz CT molecular complexity index is 182. The molecule has 84 valence electrons. The van der Waals surface area contributed by atoms with Crippen molar-refractivity contribution in [2.24, 2.45) is 11.3 Å². The van der Waals surface area contributed by atoms with E-state index in [2.05, 4.69) is 19.2 Å². The molecule has 0 spiro atoms. The number of alkyl halides is 3. The molecule has 1 N–H and O–H groups in total. The molecule has 0 heterocycles. The zero-order chi connectivity index (χ0) is 10.8. The van der Waals surface area contributed by atoms with Crippen molar-refractivity contribution in [3.05, 3.63) is 0 Å². The summed E-state index contributed by atoms with van der Waals surface area (Å²) in [6.07, 6.45) is -2.43. The Labute approximate surface area is 83.1 Å². The molecule has 0 aromatic rings. The second kappa shape index (κ2) is 4.09. The molecule has 0 aromatic carbocycles. The number of rotatable bonds is 5. The molecule has 0 unspecified atom stereocenters. The minimum atomic E-state index is -4.03. The predicted octanol–water partition coefficient (Wildman–Crippen LogP) is 2.96. The molecule has 14 heavy (non-hydrogen) atoms. The van der Waals surface area contributed by atoms with E-state index in [0.717, 1.165) is 19.4 Å². The number of hydrogen-bond donors (Lipinski definition) is 1. The largest absolute Gasteiger partial charge is 0.390 e. The third kappa shape index (κ3) is 3.48. The minimum Gasteiger partial charge on any atom is -0.316 e. The zero-order valence-electron chi connectivity index (χ0n) is 8.75. The molecule has 0 aliphatic heterocycles. The van der Waals surface area contributed by atoms with Crippen LogP contribution in [0.4, 0.5) is 13.2 Å².